The number of hydrogen-bond acceptors (Lipinski definition) is 5. The lowest BCUT2D eigenvalue weighted by Gasteiger charge is -2.25. The first-order chi connectivity index (χ1) is 13.3. The van der Waals surface area contributed by atoms with Gasteiger partial charge in [0, 0.05) is 18.2 Å². The number of amides is 1. The fourth-order valence-corrected chi connectivity index (χ4v) is 5.84. The van der Waals surface area contributed by atoms with E-state index < -0.39 is 8.07 Å². The topological polar surface area (TPSA) is 57.2 Å². The Labute approximate surface area is 166 Å². The second-order valence-electron chi connectivity index (χ2n) is 8.01. The van der Waals surface area contributed by atoms with Gasteiger partial charge in [-0.2, -0.15) is 0 Å². The molecule has 0 saturated heterocycles. The van der Waals surface area contributed by atoms with Crippen LogP contribution >= 0.6 is 0 Å². The molecule has 7 heteroatoms. The first-order valence-electron chi connectivity index (χ1n) is 9.35. The third-order valence-electron chi connectivity index (χ3n) is 5.25. The molecule has 2 aromatic carbocycles. The van der Waals surface area contributed by atoms with E-state index in [-0.39, 0.29) is 12.7 Å². The summed E-state index contributed by atoms with van der Waals surface area (Å²) < 4.78 is 22.1. The van der Waals surface area contributed by atoms with Gasteiger partial charge >= 0.3 is 0 Å². The highest BCUT2D eigenvalue weighted by atomic mass is 28.3. The summed E-state index contributed by atoms with van der Waals surface area (Å²) >= 11 is 0. The molecule has 0 unspecified atom stereocenters. The highest BCUT2D eigenvalue weighted by Gasteiger charge is 2.35. The average Bonchev–Trinajstić information content (AvgIpc) is 3.30. The van der Waals surface area contributed by atoms with Crippen LogP contribution in [0.5, 0.6) is 23.0 Å². The van der Waals surface area contributed by atoms with Crippen molar-refractivity contribution in [2.45, 2.75) is 26.1 Å². The smallest absolute Gasteiger partial charge is 0.258 e. The van der Waals surface area contributed by atoms with Crippen molar-refractivity contribution >= 4 is 24.9 Å². The molecule has 0 aromatic heterocycles. The van der Waals surface area contributed by atoms with Crippen LogP contribution in [0, 0.1) is 0 Å². The largest absolute Gasteiger partial charge is 0.493 e. The Balaban J connectivity index is 1.79. The third kappa shape index (κ3) is 2.90. The second kappa shape index (κ2) is 6.74. The van der Waals surface area contributed by atoms with Gasteiger partial charge in [-0.1, -0.05) is 19.6 Å². The maximum Gasteiger partial charge on any atom is 0.258 e. The molecule has 2 heterocycles. The van der Waals surface area contributed by atoms with Gasteiger partial charge in [-0.15, -0.1) is 0 Å². The number of carbonyl (C=O) groups is 1. The number of rotatable bonds is 4. The van der Waals surface area contributed by atoms with E-state index in [9.17, 15) is 4.79 Å². The Hall–Kier alpha value is -2.67. The maximum atomic E-state index is 13.6. The van der Waals surface area contributed by atoms with Crippen molar-refractivity contribution in [1.29, 1.82) is 0 Å². The standard InChI is InChI=1S/C21H25NO5Si/c1-24-17-10-13-8-9-22(15(13)11-18(17)25-2)21(23)14-6-7-16-19(27-12-26-16)20(14)28(3,4)5/h6-7,10-11H,8-9,12H2,1-5H3. The van der Waals surface area contributed by atoms with E-state index in [0.717, 1.165) is 34.4 Å². The van der Waals surface area contributed by atoms with Crippen LogP contribution in [-0.4, -0.2) is 41.5 Å². The van der Waals surface area contributed by atoms with E-state index in [0.29, 0.717) is 23.6 Å². The molecule has 148 valence electrons. The number of ether oxygens (including phenoxy) is 4. The van der Waals surface area contributed by atoms with Gasteiger partial charge in [0.25, 0.3) is 5.91 Å². The first-order valence-corrected chi connectivity index (χ1v) is 12.8. The molecule has 0 saturated carbocycles. The molecular weight excluding hydrogens is 374 g/mol. The van der Waals surface area contributed by atoms with Crippen molar-refractivity contribution in [3.63, 3.8) is 0 Å². The second-order valence-corrected chi connectivity index (χ2v) is 13.0. The van der Waals surface area contributed by atoms with Gasteiger partial charge in [-0.25, -0.2) is 0 Å². The van der Waals surface area contributed by atoms with E-state index in [4.69, 9.17) is 18.9 Å². The van der Waals surface area contributed by atoms with Gasteiger partial charge in [0.2, 0.25) is 6.79 Å². The summed E-state index contributed by atoms with van der Waals surface area (Å²) in [5.74, 6) is 2.75. The fourth-order valence-electron chi connectivity index (χ4n) is 3.97. The number of nitrogens with zero attached hydrogens (tertiary/aromatic N) is 1. The molecule has 0 fully saturated rings. The highest BCUT2D eigenvalue weighted by Crippen LogP contribution is 2.40. The van der Waals surface area contributed by atoms with Crippen molar-refractivity contribution in [2.75, 3.05) is 32.5 Å². The number of hydrogen-bond donors (Lipinski definition) is 0. The lowest BCUT2D eigenvalue weighted by atomic mass is 10.1. The molecule has 0 radical (unpaired) electrons. The summed E-state index contributed by atoms with van der Waals surface area (Å²) in [6, 6.07) is 7.56. The van der Waals surface area contributed by atoms with Gasteiger partial charge in [0.05, 0.1) is 28.0 Å². The average molecular weight is 400 g/mol. The van der Waals surface area contributed by atoms with Crippen LogP contribution in [0.2, 0.25) is 19.6 Å². The predicted molar refractivity (Wildman–Crippen MR) is 110 cm³/mol. The quantitative estimate of drug-likeness (QED) is 0.739. The molecule has 0 N–H and O–H groups in total. The molecule has 28 heavy (non-hydrogen) atoms. The van der Waals surface area contributed by atoms with Crippen molar-refractivity contribution in [2.24, 2.45) is 0 Å². The predicted octanol–water partition coefficient (Wildman–Crippen LogP) is 3.18. The Morgan fingerprint density at radius 2 is 1.79 bits per heavy atom. The molecule has 0 bridgehead atoms. The Bertz CT molecular complexity index is 951. The maximum absolute atomic E-state index is 13.6. The van der Waals surface area contributed by atoms with Crippen LogP contribution < -0.4 is 29.0 Å². The summed E-state index contributed by atoms with van der Waals surface area (Å²) in [5.41, 5.74) is 2.66. The summed E-state index contributed by atoms with van der Waals surface area (Å²) in [7, 11) is 1.35. The first kappa shape index (κ1) is 18.7. The molecule has 2 aromatic rings. The van der Waals surface area contributed by atoms with Crippen LogP contribution in [-0.2, 0) is 6.42 Å². The zero-order chi connectivity index (χ0) is 20.1. The summed E-state index contributed by atoms with van der Waals surface area (Å²) in [5, 5.41) is 1.02. The van der Waals surface area contributed by atoms with Crippen LogP contribution in [0.1, 0.15) is 15.9 Å². The van der Waals surface area contributed by atoms with Gasteiger partial charge < -0.3 is 23.8 Å². The van der Waals surface area contributed by atoms with E-state index in [1.807, 2.05) is 29.2 Å². The molecule has 2 aliphatic rings. The van der Waals surface area contributed by atoms with Gasteiger partial charge in [-0.3, -0.25) is 4.79 Å². The molecule has 0 spiro atoms. The summed E-state index contributed by atoms with van der Waals surface area (Å²) in [4.78, 5) is 15.4. The Kier molecular flexibility index (Phi) is 4.49. The lowest BCUT2D eigenvalue weighted by molar-refractivity contribution is 0.0990. The third-order valence-corrected chi connectivity index (χ3v) is 7.24. The number of carbonyl (C=O) groups excluding carboxylic acids is 1. The molecule has 0 aliphatic carbocycles. The van der Waals surface area contributed by atoms with E-state index in [1.165, 1.54) is 0 Å². The van der Waals surface area contributed by atoms with Gasteiger partial charge in [0.15, 0.2) is 23.0 Å². The van der Waals surface area contributed by atoms with Crippen molar-refractivity contribution in [3.05, 3.63) is 35.4 Å². The molecule has 2 aliphatic heterocycles. The number of methoxy groups -OCH3 is 2. The Morgan fingerprint density at radius 1 is 1.07 bits per heavy atom. The normalized spacial score (nSPS) is 14.8. The minimum Gasteiger partial charge on any atom is -0.493 e. The van der Waals surface area contributed by atoms with E-state index in [2.05, 4.69) is 19.6 Å². The number of fused-ring (bicyclic) bond motifs is 2. The lowest BCUT2D eigenvalue weighted by Crippen LogP contribution is -2.44. The molecular formula is C21H25NO5Si. The van der Waals surface area contributed by atoms with Crippen molar-refractivity contribution < 1.29 is 23.7 Å². The zero-order valence-electron chi connectivity index (χ0n) is 16.9. The van der Waals surface area contributed by atoms with Crippen LogP contribution in [0.3, 0.4) is 0 Å². The van der Waals surface area contributed by atoms with Crippen molar-refractivity contribution in [1.82, 2.24) is 0 Å². The fraction of sp³-hybridized carbons (Fsp3) is 0.381. The summed E-state index contributed by atoms with van der Waals surface area (Å²) in [6.45, 7) is 7.48. The van der Waals surface area contributed by atoms with E-state index >= 15 is 0 Å². The highest BCUT2D eigenvalue weighted by molar-refractivity contribution is 6.90. The van der Waals surface area contributed by atoms with E-state index in [1.54, 1.807) is 14.2 Å². The molecule has 6 nitrogen and oxygen atoms in total. The van der Waals surface area contributed by atoms with Gasteiger partial charge in [-0.05, 0) is 35.4 Å². The van der Waals surface area contributed by atoms with Crippen molar-refractivity contribution in [3.8, 4) is 23.0 Å². The SMILES string of the molecule is COc1cc2c(cc1OC)N(C(=O)c1ccc3c(c1[Si](C)(C)C)OCO3)CC2. The molecule has 1 amide bonds. The monoisotopic (exact) mass is 399 g/mol. The molecule has 0 atom stereocenters. The molecule has 4 rings (SSSR count). The number of anilines is 1. The number of benzene rings is 2. The van der Waals surface area contributed by atoms with Crippen LogP contribution in [0.15, 0.2) is 24.3 Å². The van der Waals surface area contributed by atoms with Gasteiger partial charge in [0.1, 0.15) is 0 Å². The minimum atomic E-state index is -1.87. The minimum absolute atomic E-state index is 0.0123. The Morgan fingerprint density at radius 3 is 2.46 bits per heavy atom. The summed E-state index contributed by atoms with van der Waals surface area (Å²) in [6.07, 6.45) is 0.786. The van der Waals surface area contributed by atoms with Crippen LogP contribution in [0.4, 0.5) is 5.69 Å². The zero-order valence-corrected chi connectivity index (χ0v) is 17.9. The van der Waals surface area contributed by atoms with Crippen LogP contribution in [0.25, 0.3) is 0 Å².